The molecule has 0 aliphatic rings. The van der Waals surface area contributed by atoms with E-state index in [9.17, 15) is 0 Å². The summed E-state index contributed by atoms with van der Waals surface area (Å²) < 4.78 is 10.7. The van der Waals surface area contributed by atoms with Crippen LogP contribution < -0.4 is 0 Å². The van der Waals surface area contributed by atoms with Gasteiger partial charge in [-0.3, -0.25) is 0 Å². The predicted octanol–water partition coefficient (Wildman–Crippen LogP) is 4.04. The Morgan fingerprint density at radius 2 is 1.05 bits per heavy atom. The minimum absolute atomic E-state index is 0. The summed E-state index contributed by atoms with van der Waals surface area (Å²) in [6, 6.07) is 0. The molecule has 0 rings (SSSR count). The van der Waals surface area contributed by atoms with Crippen molar-refractivity contribution in [2.75, 3.05) is 0 Å². The third kappa shape index (κ3) is 18.7. The topological polar surface area (TPSA) is 18.5 Å². The van der Waals surface area contributed by atoms with E-state index in [1.807, 2.05) is 41.5 Å². The summed E-state index contributed by atoms with van der Waals surface area (Å²) in [6.07, 6.45) is 1.84. The van der Waals surface area contributed by atoms with Crippen molar-refractivity contribution in [1.82, 2.24) is 0 Å². The Hall–Kier alpha value is 0.714. The summed E-state index contributed by atoms with van der Waals surface area (Å²) in [4.78, 5) is 0. The molecular formula is C12H22NiO2S4. The van der Waals surface area contributed by atoms with Crippen molar-refractivity contribution in [3.05, 3.63) is 0 Å². The molecule has 19 heavy (non-hydrogen) atoms. The van der Waals surface area contributed by atoms with Crippen LogP contribution in [0.2, 0.25) is 0 Å². The van der Waals surface area contributed by atoms with Crippen molar-refractivity contribution >= 4 is 58.5 Å². The summed E-state index contributed by atoms with van der Waals surface area (Å²) in [7, 11) is 0. The normalized spacial score (nSPS) is 10.4. The third-order valence-electron chi connectivity index (χ3n) is 2.42. The van der Waals surface area contributed by atoms with Gasteiger partial charge in [0.05, 0.1) is 0 Å². The maximum Gasteiger partial charge on any atom is 2.00 e. The van der Waals surface area contributed by atoms with Crippen molar-refractivity contribution < 1.29 is 26.0 Å². The van der Waals surface area contributed by atoms with Crippen molar-refractivity contribution in [2.45, 2.75) is 65.6 Å². The summed E-state index contributed by atoms with van der Waals surface area (Å²) in [6.45, 7) is 11.9. The van der Waals surface area contributed by atoms with Gasteiger partial charge < -0.3 is 59.2 Å². The largest absolute Gasteiger partial charge is 2.00 e. The molecule has 116 valence electrons. The first-order chi connectivity index (χ1) is 7.95. The molecule has 0 aliphatic heterocycles. The van der Waals surface area contributed by atoms with Gasteiger partial charge in [-0.05, 0) is 40.5 Å². The Morgan fingerprint density at radius 3 is 1.11 bits per heavy atom. The van der Waals surface area contributed by atoms with Gasteiger partial charge >= 0.3 is 16.5 Å². The van der Waals surface area contributed by atoms with E-state index >= 15 is 0 Å². The SMILES string of the molecule is CCC(C)(C)OC(=S)[S-].CCC(C)(C)OC(=S)[S-].[Ni+2]. The predicted molar refractivity (Wildman–Crippen MR) is 90.8 cm³/mol. The molecule has 0 aromatic rings. The standard InChI is InChI=1S/2C6H12OS2.Ni/c2*1-4-6(2,3)7-5(8)9;/h2*4H2,1-3H3,(H,8,9);/q;;+2/p-2. The molecule has 0 fully saturated rings. The molecule has 0 amide bonds. The smallest absolute Gasteiger partial charge is 0.508 e. The minimum Gasteiger partial charge on any atom is -0.508 e. The van der Waals surface area contributed by atoms with Gasteiger partial charge in [0.15, 0.2) is 0 Å². The maximum absolute atomic E-state index is 5.13. The fourth-order valence-electron chi connectivity index (χ4n) is 0.596. The van der Waals surface area contributed by atoms with Crippen molar-refractivity contribution in [3.63, 3.8) is 0 Å². The van der Waals surface area contributed by atoms with E-state index in [0.717, 1.165) is 12.8 Å². The summed E-state index contributed by atoms with van der Waals surface area (Å²) in [5, 5.41) is 0. The third-order valence-corrected chi connectivity index (χ3v) is 2.76. The van der Waals surface area contributed by atoms with Gasteiger partial charge in [-0.15, -0.1) is 0 Å². The van der Waals surface area contributed by atoms with E-state index in [0.29, 0.717) is 0 Å². The summed E-state index contributed by atoms with van der Waals surface area (Å²) in [5.41, 5.74) is -0.363. The van der Waals surface area contributed by atoms with E-state index in [-0.39, 0.29) is 36.5 Å². The number of thiocarbonyl (C=S) groups is 2. The molecular weight excluding hydrogens is 363 g/mol. The molecule has 0 N–H and O–H groups in total. The van der Waals surface area contributed by atoms with E-state index in [2.05, 4.69) is 49.7 Å². The Bertz CT molecular complexity index is 253. The molecule has 0 aromatic carbocycles. The molecule has 0 saturated carbocycles. The van der Waals surface area contributed by atoms with Gasteiger partial charge in [0.2, 0.25) is 0 Å². The van der Waals surface area contributed by atoms with Gasteiger partial charge in [-0.2, -0.15) is 0 Å². The molecule has 0 unspecified atom stereocenters. The van der Waals surface area contributed by atoms with Crippen LogP contribution in [0.3, 0.4) is 0 Å². The van der Waals surface area contributed by atoms with Crippen LogP contribution in [0.4, 0.5) is 0 Å². The zero-order valence-corrected chi connectivity index (χ0v) is 16.4. The molecule has 0 aliphatic carbocycles. The molecule has 2 nitrogen and oxygen atoms in total. The second-order valence-corrected chi connectivity index (χ2v) is 6.93. The summed E-state index contributed by atoms with van der Waals surface area (Å²) >= 11 is 18.4. The molecule has 0 atom stereocenters. The first kappa shape index (κ1) is 24.7. The molecule has 7 heteroatoms. The van der Waals surface area contributed by atoms with Crippen molar-refractivity contribution in [1.29, 1.82) is 0 Å². The first-order valence-corrected chi connectivity index (χ1v) is 7.39. The number of rotatable bonds is 4. The van der Waals surface area contributed by atoms with Gasteiger partial charge in [0.1, 0.15) is 11.2 Å². The molecule has 0 aromatic heterocycles. The van der Waals surface area contributed by atoms with Crippen molar-refractivity contribution in [2.24, 2.45) is 0 Å². The molecule has 0 saturated heterocycles. The Labute approximate surface area is 149 Å². The van der Waals surface area contributed by atoms with Crippen LogP contribution in [-0.2, 0) is 51.2 Å². The van der Waals surface area contributed by atoms with Gasteiger partial charge in [-0.1, -0.05) is 13.8 Å². The average molecular weight is 385 g/mol. The number of hydrogen-bond donors (Lipinski definition) is 0. The van der Waals surface area contributed by atoms with Crippen LogP contribution in [0, 0.1) is 0 Å². The molecule has 0 heterocycles. The van der Waals surface area contributed by atoms with Gasteiger partial charge in [-0.25, -0.2) is 0 Å². The fourth-order valence-corrected chi connectivity index (χ4v) is 1.50. The number of hydrogen-bond acceptors (Lipinski definition) is 6. The van der Waals surface area contributed by atoms with E-state index < -0.39 is 0 Å². The quantitative estimate of drug-likeness (QED) is 0.410. The monoisotopic (exact) mass is 384 g/mol. The van der Waals surface area contributed by atoms with Crippen LogP contribution in [0.1, 0.15) is 54.4 Å². The minimum atomic E-state index is -0.182. The average Bonchev–Trinajstić information content (AvgIpc) is 2.15. The van der Waals surface area contributed by atoms with E-state index in [1.165, 1.54) is 0 Å². The fraction of sp³-hybridized carbons (Fsp3) is 0.833. The molecule has 0 radical (unpaired) electrons. The summed E-state index contributed by atoms with van der Waals surface area (Å²) in [5.74, 6) is 0. The van der Waals surface area contributed by atoms with Crippen molar-refractivity contribution in [3.8, 4) is 0 Å². The second kappa shape index (κ2) is 11.4. The first-order valence-electron chi connectivity index (χ1n) is 5.75. The Balaban J connectivity index is -0.000000256. The van der Waals surface area contributed by atoms with Crippen LogP contribution in [0.5, 0.6) is 0 Å². The zero-order valence-electron chi connectivity index (χ0n) is 12.2. The van der Waals surface area contributed by atoms with Crippen LogP contribution in [0.25, 0.3) is 0 Å². The van der Waals surface area contributed by atoms with Crippen LogP contribution in [0.15, 0.2) is 0 Å². The molecule has 0 spiro atoms. The maximum atomic E-state index is 5.13. The van der Waals surface area contributed by atoms with Crippen LogP contribution in [-0.4, -0.2) is 20.0 Å². The van der Waals surface area contributed by atoms with Crippen LogP contribution >= 0.6 is 24.4 Å². The van der Waals surface area contributed by atoms with Gasteiger partial charge in [0.25, 0.3) is 0 Å². The molecule has 0 bridgehead atoms. The van der Waals surface area contributed by atoms with E-state index in [4.69, 9.17) is 9.47 Å². The Morgan fingerprint density at radius 1 is 0.842 bits per heavy atom. The second-order valence-electron chi connectivity index (χ2n) is 4.93. The zero-order chi connectivity index (χ0) is 15.0. The van der Waals surface area contributed by atoms with E-state index in [1.54, 1.807) is 0 Å². The Kier molecular flexibility index (Phi) is 14.8. The van der Waals surface area contributed by atoms with Gasteiger partial charge in [0, 0.05) is 8.77 Å². The number of ether oxygens (including phenoxy) is 2.